The SMILES string of the molecule is O=C(O[C@@H]1[C@H](OC(=O)c2ccccc2)[C@@H](CO[P+](=O)O)O[C@H]1n1ccc([O-])nc1=O)c1ccccc1. The van der Waals surface area contributed by atoms with Gasteiger partial charge in [0.25, 0.3) is 0 Å². The number of rotatable bonds is 8. The van der Waals surface area contributed by atoms with Crippen LogP contribution in [0.15, 0.2) is 77.7 Å². The van der Waals surface area contributed by atoms with E-state index >= 15 is 0 Å². The number of hydrogen-bond acceptors (Lipinski definition) is 10. The molecule has 12 nitrogen and oxygen atoms in total. The third-order valence-electron chi connectivity index (χ3n) is 5.22. The quantitative estimate of drug-likeness (QED) is 0.340. The summed E-state index contributed by atoms with van der Waals surface area (Å²) in [5.41, 5.74) is -0.657. The van der Waals surface area contributed by atoms with Crippen molar-refractivity contribution in [2.24, 2.45) is 0 Å². The zero-order valence-electron chi connectivity index (χ0n) is 18.4. The molecule has 5 atom stereocenters. The summed E-state index contributed by atoms with van der Waals surface area (Å²) >= 11 is 0. The molecule has 1 aliphatic rings. The van der Waals surface area contributed by atoms with Crippen LogP contribution in [0.1, 0.15) is 26.9 Å². The molecule has 0 spiro atoms. The van der Waals surface area contributed by atoms with E-state index in [2.05, 4.69) is 4.98 Å². The fourth-order valence-electron chi connectivity index (χ4n) is 3.59. The Balaban J connectivity index is 1.72. The standard InChI is InChI=1S/C23H19N2O10P/c26-17-11-12-25(23(29)24-17)20-19(35-22(28)15-9-5-2-6-10-15)18(16(33-20)13-32-36(30)31)34-21(27)14-7-3-1-4-8-14/h1-12,16,18-20H,13H2,(H-,24,26,29,30,31)/t16-,18-,19-,20-/m1/s1. The van der Waals surface area contributed by atoms with E-state index < -0.39 is 62.9 Å². The van der Waals surface area contributed by atoms with Crippen molar-refractivity contribution in [2.75, 3.05) is 6.61 Å². The second-order valence-corrected chi connectivity index (χ2v) is 8.26. The van der Waals surface area contributed by atoms with Crippen molar-refractivity contribution in [2.45, 2.75) is 24.5 Å². The highest BCUT2D eigenvalue weighted by atomic mass is 31.1. The average molecular weight is 514 g/mol. The summed E-state index contributed by atoms with van der Waals surface area (Å²) in [6, 6.07) is 16.8. The lowest BCUT2D eigenvalue weighted by atomic mass is 10.1. The van der Waals surface area contributed by atoms with Crippen LogP contribution in [0.25, 0.3) is 0 Å². The van der Waals surface area contributed by atoms with Gasteiger partial charge < -0.3 is 19.3 Å². The van der Waals surface area contributed by atoms with E-state index in [1.165, 1.54) is 24.3 Å². The van der Waals surface area contributed by atoms with Crippen molar-refractivity contribution in [3.8, 4) is 5.88 Å². The van der Waals surface area contributed by atoms with Crippen LogP contribution in [-0.2, 0) is 23.3 Å². The largest absolute Gasteiger partial charge is 0.858 e. The molecule has 0 saturated carbocycles. The van der Waals surface area contributed by atoms with Crippen LogP contribution in [0.5, 0.6) is 5.88 Å². The normalized spacial score (nSPS) is 21.5. The topological polar surface area (TPSA) is 166 Å². The zero-order chi connectivity index (χ0) is 25.7. The van der Waals surface area contributed by atoms with E-state index in [4.69, 9.17) is 23.6 Å². The maximum atomic E-state index is 12.9. The molecule has 0 aliphatic carbocycles. The Morgan fingerprint density at radius 1 is 0.972 bits per heavy atom. The summed E-state index contributed by atoms with van der Waals surface area (Å²) in [6.07, 6.45) is -4.34. The van der Waals surface area contributed by atoms with Gasteiger partial charge in [-0.1, -0.05) is 36.4 Å². The van der Waals surface area contributed by atoms with Gasteiger partial charge >= 0.3 is 25.9 Å². The number of esters is 2. The number of carbonyl (C=O) groups is 2. The Bertz CT molecular complexity index is 1300. The number of hydrogen-bond donors (Lipinski definition) is 1. The Morgan fingerprint density at radius 2 is 1.53 bits per heavy atom. The van der Waals surface area contributed by atoms with E-state index in [9.17, 15) is 24.1 Å². The van der Waals surface area contributed by atoms with Crippen LogP contribution in [0.3, 0.4) is 0 Å². The van der Waals surface area contributed by atoms with Gasteiger partial charge in [0.2, 0.25) is 0 Å². The van der Waals surface area contributed by atoms with E-state index in [0.29, 0.717) is 0 Å². The van der Waals surface area contributed by atoms with Gasteiger partial charge in [0.15, 0.2) is 18.4 Å². The highest BCUT2D eigenvalue weighted by molar-refractivity contribution is 7.32. The lowest BCUT2D eigenvalue weighted by Gasteiger charge is -2.25. The van der Waals surface area contributed by atoms with Gasteiger partial charge in [-0.3, -0.25) is 4.57 Å². The molecule has 0 amide bonds. The Kier molecular flexibility index (Phi) is 7.81. The predicted octanol–water partition coefficient (Wildman–Crippen LogP) is 1.33. The smallest absolute Gasteiger partial charge is 0.694 e. The van der Waals surface area contributed by atoms with Crippen molar-refractivity contribution >= 4 is 20.2 Å². The van der Waals surface area contributed by atoms with Crippen LogP contribution in [0.2, 0.25) is 0 Å². The van der Waals surface area contributed by atoms with Crippen LogP contribution in [0.4, 0.5) is 0 Å². The number of carbonyl (C=O) groups excluding carboxylic acids is 2. The van der Waals surface area contributed by atoms with Crippen LogP contribution in [0, 0.1) is 0 Å². The highest BCUT2D eigenvalue weighted by Gasteiger charge is 2.52. The van der Waals surface area contributed by atoms with Gasteiger partial charge in [0.1, 0.15) is 12.7 Å². The van der Waals surface area contributed by atoms with Crippen molar-refractivity contribution in [3.63, 3.8) is 0 Å². The van der Waals surface area contributed by atoms with Gasteiger partial charge in [0, 0.05) is 10.8 Å². The first-order valence-electron chi connectivity index (χ1n) is 10.6. The molecule has 1 unspecified atom stereocenters. The molecule has 4 rings (SSSR count). The summed E-state index contributed by atoms with van der Waals surface area (Å²) in [5.74, 6) is -2.41. The minimum atomic E-state index is -3.05. The maximum absolute atomic E-state index is 12.9. The second-order valence-electron chi connectivity index (χ2n) is 7.53. The van der Waals surface area contributed by atoms with Gasteiger partial charge in [0.05, 0.1) is 11.1 Å². The molecular formula is C23H19N2O10P. The monoisotopic (exact) mass is 514 g/mol. The average Bonchev–Trinajstić information content (AvgIpc) is 3.20. The Hall–Kier alpha value is -3.96. The molecule has 1 fully saturated rings. The summed E-state index contributed by atoms with van der Waals surface area (Å²) in [6.45, 7) is -0.545. The molecule has 1 aromatic heterocycles. The highest BCUT2D eigenvalue weighted by Crippen LogP contribution is 2.35. The third kappa shape index (κ3) is 5.81. The minimum absolute atomic E-state index is 0.169. The summed E-state index contributed by atoms with van der Waals surface area (Å²) < 4.78 is 33.9. The van der Waals surface area contributed by atoms with Crippen molar-refractivity contribution in [1.82, 2.24) is 9.55 Å². The first-order valence-corrected chi connectivity index (χ1v) is 11.7. The van der Waals surface area contributed by atoms with Crippen LogP contribution in [-0.4, -0.2) is 51.3 Å². The van der Waals surface area contributed by atoms with Crippen molar-refractivity contribution in [3.05, 3.63) is 94.5 Å². The fourth-order valence-corrected chi connectivity index (χ4v) is 3.87. The molecule has 13 heteroatoms. The summed E-state index contributed by atoms with van der Waals surface area (Å²) in [4.78, 5) is 50.7. The molecule has 2 heterocycles. The molecule has 36 heavy (non-hydrogen) atoms. The lowest BCUT2D eigenvalue weighted by molar-refractivity contribution is -0.275. The first-order chi connectivity index (χ1) is 17.3. The Labute approximate surface area is 204 Å². The Morgan fingerprint density at radius 3 is 2.06 bits per heavy atom. The first kappa shape index (κ1) is 25.1. The number of nitrogens with zero attached hydrogens (tertiary/aromatic N) is 2. The van der Waals surface area contributed by atoms with Gasteiger partial charge in [-0.2, -0.15) is 0 Å². The van der Waals surface area contributed by atoms with E-state index in [1.54, 1.807) is 36.4 Å². The molecule has 2 aromatic carbocycles. The van der Waals surface area contributed by atoms with Gasteiger partial charge in [-0.15, -0.1) is 9.42 Å². The van der Waals surface area contributed by atoms with Gasteiger partial charge in [-0.05, 0) is 36.2 Å². The van der Waals surface area contributed by atoms with Crippen LogP contribution < -0.4 is 10.8 Å². The van der Waals surface area contributed by atoms with E-state index in [0.717, 1.165) is 16.8 Å². The molecule has 3 aromatic rings. The predicted molar refractivity (Wildman–Crippen MR) is 119 cm³/mol. The zero-order valence-corrected chi connectivity index (χ0v) is 19.3. The molecule has 1 saturated heterocycles. The number of aromatic nitrogens is 2. The molecular weight excluding hydrogens is 495 g/mol. The molecule has 0 radical (unpaired) electrons. The third-order valence-corrected chi connectivity index (χ3v) is 5.59. The number of ether oxygens (including phenoxy) is 3. The summed E-state index contributed by atoms with van der Waals surface area (Å²) in [5, 5.41) is 11.5. The van der Waals surface area contributed by atoms with E-state index in [1.807, 2.05) is 0 Å². The lowest BCUT2D eigenvalue weighted by Crippen LogP contribution is -2.42. The maximum Gasteiger partial charge on any atom is 0.694 e. The van der Waals surface area contributed by atoms with Crippen molar-refractivity contribution < 1.29 is 42.9 Å². The molecule has 1 aliphatic heterocycles. The minimum Gasteiger partial charge on any atom is -0.858 e. The summed E-state index contributed by atoms with van der Waals surface area (Å²) in [7, 11) is -3.05. The molecule has 186 valence electrons. The molecule has 1 N–H and O–H groups in total. The van der Waals surface area contributed by atoms with Crippen LogP contribution >= 0.6 is 8.25 Å². The van der Waals surface area contributed by atoms with Gasteiger partial charge in [-0.25, -0.2) is 19.4 Å². The fraction of sp³-hybridized carbons (Fsp3) is 0.217. The van der Waals surface area contributed by atoms with Crippen molar-refractivity contribution in [1.29, 1.82) is 0 Å². The second kappa shape index (κ2) is 11.2. The van der Waals surface area contributed by atoms with E-state index in [-0.39, 0.29) is 11.1 Å². The number of benzene rings is 2. The molecule has 0 bridgehead atoms.